The lowest BCUT2D eigenvalue weighted by Gasteiger charge is -2.33. The fourth-order valence-corrected chi connectivity index (χ4v) is 2.90. The van der Waals surface area contributed by atoms with Gasteiger partial charge in [0.15, 0.2) is 0 Å². The normalized spacial score (nSPS) is 14.7. The van der Waals surface area contributed by atoms with Crippen molar-refractivity contribution in [1.82, 2.24) is 9.80 Å². The molecule has 0 radical (unpaired) electrons. The lowest BCUT2D eigenvalue weighted by molar-refractivity contribution is 0.0565. The summed E-state index contributed by atoms with van der Waals surface area (Å²) in [5.74, 6) is 2.81. The number of ether oxygens (including phenoxy) is 1. The highest BCUT2D eigenvalue weighted by atomic mass is 16.5. The predicted molar refractivity (Wildman–Crippen MR) is 96.7 cm³/mol. The van der Waals surface area contributed by atoms with Crippen molar-refractivity contribution in [3.63, 3.8) is 0 Å². The molecule has 1 aromatic heterocycles. The molecular weight excluding hydrogens is 332 g/mol. The second kappa shape index (κ2) is 7.89. The molecule has 0 aliphatic carbocycles. The van der Waals surface area contributed by atoms with Crippen molar-refractivity contribution in [2.24, 2.45) is 0 Å². The summed E-state index contributed by atoms with van der Waals surface area (Å²) in [5, 5.41) is 0. The molecule has 1 fully saturated rings. The minimum atomic E-state index is -0.521. The summed E-state index contributed by atoms with van der Waals surface area (Å²) in [4.78, 5) is 28.1. The average molecular weight is 352 g/mol. The third-order valence-electron chi connectivity index (χ3n) is 4.38. The van der Waals surface area contributed by atoms with Gasteiger partial charge >= 0.3 is 5.97 Å². The molecule has 6 nitrogen and oxygen atoms in total. The molecule has 0 unspecified atom stereocenters. The topological polar surface area (TPSA) is 63.0 Å². The van der Waals surface area contributed by atoms with Crippen LogP contribution in [0.1, 0.15) is 20.9 Å². The number of carbonyl (C=O) groups is 2. The number of carbonyl (C=O) groups excluding carboxylic acids is 2. The van der Waals surface area contributed by atoms with Gasteiger partial charge in [0.2, 0.25) is 5.76 Å². The van der Waals surface area contributed by atoms with E-state index in [0.29, 0.717) is 31.0 Å². The van der Waals surface area contributed by atoms with E-state index >= 15 is 0 Å². The standard InChI is InChI=1S/C20H20N2O4/c1-3-10-21-11-13-22(14-12-21)19(23)16-6-4-15(5-7-16)17-8-9-18(26-17)20(24)25-2/h1,4-9H,10-14H2,2H3. The quantitative estimate of drug-likeness (QED) is 0.623. The molecule has 0 N–H and O–H groups in total. The zero-order valence-electron chi connectivity index (χ0n) is 14.6. The van der Waals surface area contributed by atoms with Gasteiger partial charge in [-0.1, -0.05) is 18.1 Å². The molecule has 6 heteroatoms. The molecule has 0 spiro atoms. The van der Waals surface area contributed by atoms with E-state index < -0.39 is 5.97 Å². The molecule has 1 aliphatic rings. The number of amides is 1. The molecule has 2 aromatic rings. The first-order valence-electron chi connectivity index (χ1n) is 8.36. The van der Waals surface area contributed by atoms with Crippen LogP contribution < -0.4 is 0 Å². The van der Waals surface area contributed by atoms with Crippen LogP contribution >= 0.6 is 0 Å². The fraction of sp³-hybridized carbons (Fsp3) is 0.300. The van der Waals surface area contributed by atoms with Gasteiger partial charge in [0, 0.05) is 37.3 Å². The van der Waals surface area contributed by atoms with Gasteiger partial charge in [-0.05, 0) is 24.3 Å². The molecule has 0 saturated carbocycles. The van der Waals surface area contributed by atoms with Gasteiger partial charge in [-0.2, -0.15) is 0 Å². The number of hydrogen-bond donors (Lipinski definition) is 0. The lowest BCUT2D eigenvalue weighted by Crippen LogP contribution is -2.48. The maximum Gasteiger partial charge on any atom is 0.373 e. The molecular formula is C20H20N2O4. The summed E-state index contributed by atoms with van der Waals surface area (Å²) in [6, 6.07) is 10.4. The van der Waals surface area contributed by atoms with Crippen LogP contribution in [-0.2, 0) is 4.74 Å². The molecule has 1 aliphatic heterocycles. The van der Waals surface area contributed by atoms with Gasteiger partial charge in [0.1, 0.15) is 5.76 Å². The van der Waals surface area contributed by atoms with Crippen molar-refractivity contribution in [2.45, 2.75) is 0 Å². The summed E-state index contributed by atoms with van der Waals surface area (Å²) >= 11 is 0. The van der Waals surface area contributed by atoms with Crippen molar-refractivity contribution >= 4 is 11.9 Å². The van der Waals surface area contributed by atoms with Crippen LogP contribution in [0.25, 0.3) is 11.3 Å². The summed E-state index contributed by atoms with van der Waals surface area (Å²) in [6.45, 7) is 3.53. The first-order chi connectivity index (χ1) is 12.6. The summed E-state index contributed by atoms with van der Waals surface area (Å²) in [7, 11) is 1.30. The Morgan fingerprint density at radius 1 is 1.12 bits per heavy atom. The molecule has 26 heavy (non-hydrogen) atoms. The Hall–Kier alpha value is -3.04. The Bertz CT molecular complexity index is 824. The van der Waals surface area contributed by atoms with E-state index in [-0.39, 0.29) is 11.7 Å². The second-order valence-corrected chi connectivity index (χ2v) is 6.01. The van der Waals surface area contributed by atoms with Crippen LogP contribution in [0.15, 0.2) is 40.8 Å². The van der Waals surface area contributed by atoms with Gasteiger partial charge in [-0.15, -0.1) is 6.42 Å². The average Bonchev–Trinajstić information content (AvgIpc) is 3.18. The molecule has 3 rings (SSSR count). The highest BCUT2D eigenvalue weighted by Gasteiger charge is 2.21. The SMILES string of the molecule is C#CCN1CCN(C(=O)c2ccc(-c3ccc(C(=O)OC)o3)cc2)CC1. The van der Waals surface area contributed by atoms with Crippen LogP contribution in [0.2, 0.25) is 0 Å². The van der Waals surface area contributed by atoms with Gasteiger partial charge < -0.3 is 14.1 Å². The van der Waals surface area contributed by atoms with Gasteiger partial charge in [0.25, 0.3) is 5.91 Å². The Kier molecular flexibility index (Phi) is 5.40. The highest BCUT2D eigenvalue weighted by Crippen LogP contribution is 2.23. The Morgan fingerprint density at radius 3 is 2.42 bits per heavy atom. The van der Waals surface area contributed by atoms with Crippen LogP contribution in [-0.4, -0.2) is 61.5 Å². The van der Waals surface area contributed by atoms with Crippen molar-refractivity contribution in [3.8, 4) is 23.7 Å². The number of furan rings is 1. The monoisotopic (exact) mass is 352 g/mol. The van der Waals surface area contributed by atoms with Gasteiger partial charge in [-0.25, -0.2) is 4.79 Å². The van der Waals surface area contributed by atoms with Crippen LogP contribution in [0.4, 0.5) is 0 Å². The van der Waals surface area contributed by atoms with E-state index in [4.69, 9.17) is 10.8 Å². The predicted octanol–water partition coefficient (Wildman–Crippen LogP) is 2.12. The highest BCUT2D eigenvalue weighted by molar-refractivity contribution is 5.94. The minimum Gasteiger partial charge on any atom is -0.463 e. The van der Waals surface area contributed by atoms with Crippen molar-refractivity contribution < 1.29 is 18.7 Å². The number of nitrogens with zero attached hydrogens (tertiary/aromatic N) is 2. The van der Waals surface area contributed by atoms with E-state index in [1.54, 1.807) is 24.3 Å². The van der Waals surface area contributed by atoms with E-state index in [9.17, 15) is 9.59 Å². The lowest BCUT2D eigenvalue weighted by atomic mass is 10.1. The van der Waals surface area contributed by atoms with E-state index in [0.717, 1.165) is 18.7 Å². The largest absolute Gasteiger partial charge is 0.463 e. The Labute approximate surface area is 152 Å². The summed E-state index contributed by atoms with van der Waals surface area (Å²) < 4.78 is 10.1. The molecule has 1 saturated heterocycles. The fourth-order valence-electron chi connectivity index (χ4n) is 2.90. The number of piperazine rings is 1. The van der Waals surface area contributed by atoms with Crippen LogP contribution in [0.3, 0.4) is 0 Å². The molecule has 1 amide bonds. The second-order valence-electron chi connectivity index (χ2n) is 6.01. The number of rotatable bonds is 4. The van der Waals surface area contributed by atoms with Gasteiger partial charge in [0.05, 0.1) is 13.7 Å². The first-order valence-corrected chi connectivity index (χ1v) is 8.36. The van der Waals surface area contributed by atoms with Crippen LogP contribution in [0.5, 0.6) is 0 Å². The first kappa shape index (κ1) is 17.8. The maximum atomic E-state index is 12.6. The molecule has 1 aromatic carbocycles. The molecule has 0 atom stereocenters. The molecule has 0 bridgehead atoms. The third kappa shape index (κ3) is 3.79. The Balaban J connectivity index is 1.66. The number of hydrogen-bond acceptors (Lipinski definition) is 5. The summed E-state index contributed by atoms with van der Waals surface area (Å²) in [6.07, 6.45) is 5.33. The zero-order valence-corrected chi connectivity index (χ0v) is 14.6. The zero-order chi connectivity index (χ0) is 18.5. The summed E-state index contributed by atoms with van der Waals surface area (Å²) in [5.41, 5.74) is 1.41. The molecule has 134 valence electrons. The minimum absolute atomic E-state index is 0.00611. The third-order valence-corrected chi connectivity index (χ3v) is 4.38. The Morgan fingerprint density at radius 2 is 1.81 bits per heavy atom. The van der Waals surface area contributed by atoms with E-state index in [1.807, 2.05) is 17.0 Å². The number of methoxy groups -OCH3 is 1. The number of esters is 1. The van der Waals surface area contributed by atoms with Crippen molar-refractivity contribution in [1.29, 1.82) is 0 Å². The van der Waals surface area contributed by atoms with E-state index in [1.165, 1.54) is 7.11 Å². The number of terminal acetylenes is 1. The maximum absolute atomic E-state index is 12.6. The van der Waals surface area contributed by atoms with Crippen molar-refractivity contribution in [3.05, 3.63) is 47.7 Å². The van der Waals surface area contributed by atoms with E-state index in [2.05, 4.69) is 15.6 Å². The van der Waals surface area contributed by atoms with Crippen molar-refractivity contribution in [2.75, 3.05) is 39.8 Å². The van der Waals surface area contributed by atoms with Crippen LogP contribution in [0, 0.1) is 12.3 Å². The smallest absolute Gasteiger partial charge is 0.373 e. The van der Waals surface area contributed by atoms with Gasteiger partial charge in [-0.3, -0.25) is 9.69 Å². The molecule has 2 heterocycles. The number of benzene rings is 1.